The molecule has 2 aromatic rings. The second kappa shape index (κ2) is 13.2. The zero-order valence-electron chi connectivity index (χ0n) is 18.6. The van der Waals surface area contributed by atoms with Crippen LogP contribution in [0.15, 0.2) is 48.5 Å². The molecule has 1 N–H and O–H groups in total. The van der Waals surface area contributed by atoms with E-state index in [1.54, 1.807) is 12.1 Å². The lowest BCUT2D eigenvalue weighted by atomic mass is 9.78. The molecule has 1 aliphatic carbocycles. The molecule has 3 rings (SSSR count). The zero-order chi connectivity index (χ0) is 22.1. The smallest absolute Gasteiger partial charge is 0.269 e. The van der Waals surface area contributed by atoms with Crippen molar-refractivity contribution in [2.24, 2.45) is 5.92 Å². The van der Waals surface area contributed by atoms with Gasteiger partial charge in [0.05, 0.1) is 11.5 Å². The molecule has 0 radical (unpaired) electrons. The molecule has 6 nitrogen and oxygen atoms in total. The molecule has 1 fully saturated rings. The SMILES string of the molecule is CCOc1ccc(C(=O)CCCNCC2CCC(c3ccc([N+](=O)[O-])cc3)CC2)cc1.Cl. The van der Waals surface area contributed by atoms with E-state index in [2.05, 4.69) is 5.32 Å². The summed E-state index contributed by atoms with van der Waals surface area (Å²) in [6.45, 7) is 4.41. The second-order valence-corrected chi connectivity index (χ2v) is 8.25. The Morgan fingerprint density at radius 1 is 1.06 bits per heavy atom. The number of ketones is 1. The minimum Gasteiger partial charge on any atom is -0.494 e. The van der Waals surface area contributed by atoms with Crippen molar-refractivity contribution in [1.82, 2.24) is 5.32 Å². The van der Waals surface area contributed by atoms with E-state index in [0.29, 0.717) is 24.9 Å². The van der Waals surface area contributed by atoms with Crippen LogP contribution in [0.1, 0.15) is 67.3 Å². The number of nitrogens with one attached hydrogen (secondary N) is 1. The Kier molecular flexibility index (Phi) is 10.6. The molecule has 0 atom stereocenters. The first-order valence-corrected chi connectivity index (χ1v) is 11.3. The van der Waals surface area contributed by atoms with E-state index in [1.165, 1.54) is 18.4 Å². The molecule has 1 aliphatic rings. The lowest BCUT2D eigenvalue weighted by Gasteiger charge is -2.29. The van der Waals surface area contributed by atoms with Gasteiger partial charge in [-0.3, -0.25) is 14.9 Å². The first-order chi connectivity index (χ1) is 15.1. The Hall–Kier alpha value is -2.44. The van der Waals surface area contributed by atoms with Crippen molar-refractivity contribution in [2.75, 3.05) is 19.7 Å². The van der Waals surface area contributed by atoms with Crippen LogP contribution in [-0.4, -0.2) is 30.4 Å². The van der Waals surface area contributed by atoms with Crippen LogP contribution in [0.2, 0.25) is 0 Å². The molecule has 2 aromatic carbocycles. The van der Waals surface area contributed by atoms with Crippen molar-refractivity contribution in [3.63, 3.8) is 0 Å². The summed E-state index contributed by atoms with van der Waals surface area (Å²) in [5, 5.41) is 14.3. The molecule has 0 bridgehead atoms. The van der Waals surface area contributed by atoms with Gasteiger partial charge in [-0.2, -0.15) is 0 Å². The van der Waals surface area contributed by atoms with Crippen molar-refractivity contribution < 1.29 is 14.5 Å². The monoisotopic (exact) mass is 460 g/mol. The van der Waals surface area contributed by atoms with Gasteiger partial charge in [-0.05, 0) is 93.8 Å². The van der Waals surface area contributed by atoms with Gasteiger partial charge in [-0.1, -0.05) is 12.1 Å². The van der Waals surface area contributed by atoms with Crippen LogP contribution < -0.4 is 10.1 Å². The largest absolute Gasteiger partial charge is 0.494 e. The summed E-state index contributed by atoms with van der Waals surface area (Å²) < 4.78 is 5.41. The van der Waals surface area contributed by atoms with Crippen molar-refractivity contribution in [1.29, 1.82) is 0 Å². The molecular weight excluding hydrogens is 428 g/mol. The van der Waals surface area contributed by atoms with Gasteiger partial charge in [0, 0.05) is 24.1 Å². The van der Waals surface area contributed by atoms with Gasteiger partial charge < -0.3 is 10.1 Å². The number of carbonyl (C=O) groups is 1. The Morgan fingerprint density at radius 2 is 1.72 bits per heavy atom. The number of nitro benzene ring substituents is 1. The maximum Gasteiger partial charge on any atom is 0.269 e. The average molecular weight is 461 g/mol. The normalized spacial score (nSPS) is 17.9. The number of nitrogens with zero attached hydrogens (tertiary/aromatic N) is 1. The molecule has 32 heavy (non-hydrogen) atoms. The fourth-order valence-corrected chi connectivity index (χ4v) is 4.30. The number of benzene rings is 2. The van der Waals surface area contributed by atoms with Crippen molar-refractivity contribution in [3.8, 4) is 5.75 Å². The standard InChI is InChI=1S/C25H32N2O4.ClH/c1-2-31-24-15-11-22(12-16-24)25(28)4-3-17-26-18-19-5-7-20(8-6-19)21-9-13-23(14-10-21)27(29)30;/h9-16,19-20,26H,2-8,17-18H2,1H3;1H. The molecular formula is C25H33ClN2O4. The maximum absolute atomic E-state index is 12.3. The number of non-ortho nitro benzene ring substituents is 1. The van der Waals surface area contributed by atoms with Crippen molar-refractivity contribution in [2.45, 2.75) is 51.4 Å². The first kappa shape index (κ1) is 25.8. The Morgan fingerprint density at radius 3 is 2.31 bits per heavy atom. The number of nitro groups is 1. The van der Waals surface area contributed by atoms with Crippen molar-refractivity contribution >= 4 is 23.9 Å². The van der Waals surface area contributed by atoms with Gasteiger partial charge in [-0.25, -0.2) is 0 Å². The van der Waals surface area contributed by atoms with E-state index in [9.17, 15) is 14.9 Å². The molecule has 0 saturated heterocycles. The number of hydrogen-bond donors (Lipinski definition) is 1. The van der Waals surface area contributed by atoms with Crippen LogP contribution in [0.5, 0.6) is 5.75 Å². The molecule has 0 unspecified atom stereocenters. The number of halogens is 1. The summed E-state index contributed by atoms with van der Waals surface area (Å²) in [5.74, 6) is 2.14. The third kappa shape index (κ3) is 7.61. The van der Waals surface area contributed by atoms with E-state index in [-0.39, 0.29) is 28.8 Å². The summed E-state index contributed by atoms with van der Waals surface area (Å²) in [6, 6.07) is 14.4. The van der Waals surface area contributed by atoms with Gasteiger partial charge in [-0.15, -0.1) is 12.4 Å². The van der Waals surface area contributed by atoms with Crippen LogP contribution >= 0.6 is 12.4 Å². The summed E-state index contributed by atoms with van der Waals surface area (Å²) in [5.41, 5.74) is 2.11. The third-order valence-electron chi connectivity index (χ3n) is 6.10. The Balaban J connectivity index is 0.00000363. The summed E-state index contributed by atoms with van der Waals surface area (Å²) in [7, 11) is 0. The summed E-state index contributed by atoms with van der Waals surface area (Å²) in [4.78, 5) is 22.8. The van der Waals surface area contributed by atoms with Gasteiger partial charge in [0.25, 0.3) is 5.69 Å². The number of carbonyl (C=O) groups excluding carboxylic acids is 1. The zero-order valence-corrected chi connectivity index (χ0v) is 19.4. The highest BCUT2D eigenvalue weighted by Crippen LogP contribution is 2.36. The Bertz CT molecular complexity index is 847. The van der Waals surface area contributed by atoms with E-state index in [0.717, 1.165) is 43.7 Å². The topological polar surface area (TPSA) is 81.5 Å². The van der Waals surface area contributed by atoms with E-state index in [1.807, 2.05) is 43.3 Å². The molecule has 7 heteroatoms. The number of rotatable bonds is 11. The fourth-order valence-electron chi connectivity index (χ4n) is 4.30. The molecule has 1 saturated carbocycles. The first-order valence-electron chi connectivity index (χ1n) is 11.3. The predicted molar refractivity (Wildman–Crippen MR) is 129 cm³/mol. The lowest BCUT2D eigenvalue weighted by molar-refractivity contribution is -0.384. The second-order valence-electron chi connectivity index (χ2n) is 8.25. The highest BCUT2D eigenvalue weighted by Gasteiger charge is 2.22. The number of hydrogen-bond acceptors (Lipinski definition) is 5. The molecule has 0 amide bonds. The average Bonchev–Trinajstić information content (AvgIpc) is 2.80. The number of ether oxygens (including phenoxy) is 1. The van der Waals surface area contributed by atoms with Crippen LogP contribution in [-0.2, 0) is 0 Å². The summed E-state index contributed by atoms with van der Waals surface area (Å²) in [6.07, 6.45) is 5.97. The maximum atomic E-state index is 12.3. The van der Waals surface area contributed by atoms with Crippen molar-refractivity contribution in [3.05, 3.63) is 69.8 Å². The van der Waals surface area contributed by atoms with Crippen LogP contribution in [0.25, 0.3) is 0 Å². The Labute approximate surface area is 196 Å². The van der Waals surface area contributed by atoms with E-state index >= 15 is 0 Å². The van der Waals surface area contributed by atoms with E-state index < -0.39 is 0 Å². The summed E-state index contributed by atoms with van der Waals surface area (Å²) >= 11 is 0. The van der Waals surface area contributed by atoms with Gasteiger partial charge >= 0.3 is 0 Å². The highest BCUT2D eigenvalue weighted by molar-refractivity contribution is 5.96. The molecule has 0 aromatic heterocycles. The van der Waals surface area contributed by atoms with Gasteiger partial charge in [0.15, 0.2) is 5.78 Å². The molecule has 0 spiro atoms. The lowest BCUT2D eigenvalue weighted by Crippen LogP contribution is -2.27. The van der Waals surface area contributed by atoms with Gasteiger partial charge in [0.1, 0.15) is 5.75 Å². The minimum absolute atomic E-state index is 0. The fraction of sp³-hybridized carbons (Fsp3) is 0.480. The third-order valence-corrected chi connectivity index (χ3v) is 6.10. The van der Waals surface area contributed by atoms with Crippen LogP contribution in [0.4, 0.5) is 5.69 Å². The number of Topliss-reactive ketones (excluding diaryl/α,β-unsaturated/α-hetero) is 1. The molecule has 174 valence electrons. The van der Waals surface area contributed by atoms with E-state index in [4.69, 9.17) is 4.74 Å². The minimum atomic E-state index is -0.349. The van der Waals surface area contributed by atoms with Gasteiger partial charge in [0.2, 0.25) is 0 Å². The van der Waals surface area contributed by atoms with Crippen LogP contribution in [0, 0.1) is 16.0 Å². The van der Waals surface area contributed by atoms with Crippen LogP contribution in [0.3, 0.4) is 0 Å². The molecule has 0 aliphatic heterocycles. The highest BCUT2D eigenvalue weighted by atomic mass is 35.5. The predicted octanol–water partition coefficient (Wildman–Crippen LogP) is 5.94. The quantitative estimate of drug-likeness (QED) is 0.194. The molecule has 0 heterocycles.